The van der Waals surface area contributed by atoms with E-state index in [1.165, 1.54) is 0 Å². The third-order valence-corrected chi connectivity index (χ3v) is 2.11. The Morgan fingerprint density at radius 1 is 1.54 bits per heavy atom. The van der Waals surface area contributed by atoms with Gasteiger partial charge in [0.2, 0.25) is 5.96 Å². The minimum absolute atomic E-state index is 0.102. The number of anilines is 1. The molecule has 1 aliphatic heterocycles. The van der Waals surface area contributed by atoms with Crippen molar-refractivity contribution in [1.29, 1.82) is 0 Å². The van der Waals surface area contributed by atoms with Crippen molar-refractivity contribution in [3.63, 3.8) is 0 Å². The number of nitrogens with two attached hydrogens (primary N) is 1. The molecule has 0 unspecified atom stereocenters. The summed E-state index contributed by atoms with van der Waals surface area (Å²) in [6.07, 6.45) is 0. The van der Waals surface area contributed by atoms with Gasteiger partial charge >= 0.3 is 0 Å². The number of benzene rings is 1. The van der Waals surface area contributed by atoms with Crippen molar-refractivity contribution in [3.05, 3.63) is 27.9 Å². The van der Waals surface area contributed by atoms with Crippen LogP contribution in [-0.4, -0.2) is 5.96 Å². The highest BCUT2D eigenvalue weighted by molar-refractivity contribution is 9.10. The van der Waals surface area contributed by atoms with Crippen LogP contribution in [0.4, 0.5) is 11.4 Å². The summed E-state index contributed by atoms with van der Waals surface area (Å²) >= 11 is 3.26. The lowest BCUT2D eigenvalue weighted by Crippen LogP contribution is -2.44. The van der Waals surface area contributed by atoms with Crippen LogP contribution in [0.25, 0.3) is 0 Å². The van der Waals surface area contributed by atoms with Gasteiger partial charge in [0.15, 0.2) is 0 Å². The molecule has 0 amide bonds. The zero-order valence-electron chi connectivity index (χ0n) is 6.49. The number of fused-ring (bicyclic) bond motifs is 1. The fourth-order valence-electron chi connectivity index (χ4n) is 1.07. The summed E-state index contributed by atoms with van der Waals surface area (Å²) in [7, 11) is 0. The fraction of sp³-hybridized carbons (Fsp3) is 0. The second-order valence-corrected chi connectivity index (χ2v) is 3.45. The maximum atomic E-state index is 11.3. The topological polar surface area (TPSA) is 76.7 Å². The summed E-state index contributed by atoms with van der Waals surface area (Å²) in [6.45, 7) is 0. The average molecular weight is 242 g/mol. The van der Waals surface area contributed by atoms with E-state index in [9.17, 15) is 5.21 Å². The molecule has 0 atom stereocenters. The Bertz CT molecular complexity index is 379. The van der Waals surface area contributed by atoms with Crippen molar-refractivity contribution in [3.8, 4) is 0 Å². The lowest BCUT2D eigenvalue weighted by atomic mass is 10.2. The number of aliphatic imine (C=N–C) groups is 1. The summed E-state index contributed by atoms with van der Waals surface area (Å²) in [5, 5.41) is 11.9. The smallest absolute Gasteiger partial charge is 0.212 e. The van der Waals surface area contributed by atoms with Gasteiger partial charge in [-0.1, -0.05) is 15.9 Å². The first-order valence-corrected chi connectivity index (χ1v) is 4.34. The third-order valence-electron chi connectivity index (χ3n) is 1.61. The molecule has 0 saturated carbocycles. The third kappa shape index (κ3) is 1.45. The van der Waals surface area contributed by atoms with Gasteiger partial charge in [-0.3, -0.25) is 5.43 Å². The van der Waals surface area contributed by atoms with Crippen LogP contribution < -0.4 is 16.3 Å². The number of nitrogens with one attached hydrogen (secondary N) is 1. The highest BCUT2D eigenvalue weighted by Crippen LogP contribution is 2.32. The van der Waals surface area contributed by atoms with Crippen LogP contribution in [0.2, 0.25) is 0 Å². The van der Waals surface area contributed by atoms with Gasteiger partial charge in [-0.25, -0.2) is 4.99 Å². The van der Waals surface area contributed by atoms with Crippen LogP contribution in [0.1, 0.15) is 0 Å². The fourth-order valence-corrected chi connectivity index (χ4v) is 1.42. The predicted molar refractivity (Wildman–Crippen MR) is 54.4 cm³/mol. The van der Waals surface area contributed by atoms with Gasteiger partial charge in [-0.15, -0.1) is 0 Å². The van der Waals surface area contributed by atoms with Gasteiger partial charge in [0.05, 0.1) is 11.4 Å². The quantitative estimate of drug-likeness (QED) is 0.716. The molecule has 1 heterocycles. The van der Waals surface area contributed by atoms with Gasteiger partial charge in [-0.05, 0) is 18.2 Å². The van der Waals surface area contributed by atoms with E-state index in [2.05, 4.69) is 26.3 Å². The van der Waals surface area contributed by atoms with Crippen molar-refractivity contribution in [2.24, 2.45) is 10.7 Å². The molecule has 2 rings (SSSR count). The van der Waals surface area contributed by atoms with Crippen molar-refractivity contribution < 1.29 is 0 Å². The summed E-state index contributed by atoms with van der Waals surface area (Å²) in [4.78, 5) is 3.96. The maximum Gasteiger partial charge on any atom is 0.212 e. The first-order valence-electron chi connectivity index (χ1n) is 3.54. The Kier molecular flexibility index (Phi) is 1.86. The number of rotatable bonds is 0. The second kappa shape index (κ2) is 2.90. The lowest BCUT2D eigenvalue weighted by Gasteiger charge is -2.34. The van der Waals surface area contributed by atoms with E-state index in [0.717, 1.165) is 4.47 Å². The van der Waals surface area contributed by atoms with Gasteiger partial charge in [-0.2, -0.15) is 0 Å². The van der Waals surface area contributed by atoms with Gasteiger partial charge in [0.1, 0.15) is 0 Å². The van der Waals surface area contributed by atoms with Crippen molar-refractivity contribution in [2.75, 3.05) is 5.17 Å². The summed E-state index contributed by atoms with van der Waals surface area (Å²) in [5.41, 5.74) is 8.72. The summed E-state index contributed by atoms with van der Waals surface area (Å²) < 4.78 is 0.824. The Hall–Kier alpha value is -1.27. The average Bonchev–Trinajstić information content (AvgIpc) is 2.06. The van der Waals surface area contributed by atoms with Crippen molar-refractivity contribution in [2.45, 2.75) is 0 Å². The number of hydrazine groups is 1. The molecule has 13 heavy (non-hydrogen) atoms. The van der Waals surface area contributed by atoms with Crippen LogP contribution in [0.3, 0.4) is 0 Å². The Labute approximate surface area is 82.9 Å². The first-order chi connectivity index (χ1) is 6.16. The minimum Gasteiger partial charge on any atom is -0.739 e. The van der Waals surface area contributed by atoms with E-state index < -0.39 is 0 Å². The minimum atomic E-state index is 0.102. The SMILES string of the molecule is NC1=Nc2ccc(Br)cc2N([O-])N1. The molecule has 0 aromatic heterocycles. The molecule has 1 aromatic carbocycles. The molecule has 68 valence electrons. The van der Waals surface area contributed by atoms with Crippen LogP contribution in [-0.2, 0) is 0 Å². The standard InChI is InChI=1S/C7H6BrN4O/c8-4-1-2-5-6(3-4)12(13)11-7(9)10-5/h1-3H,(H3,9,10,11)/q-1. The number of nitrogens with zero attached hydrogens (tertiary/aromatic N) is 2. The van der Waals surface area contributed by atoms with Crippen molar-refractivity contribution in [1.82, 2.24) is 5.43 Å². The molecule has 0 spiro atoms. The summed E-state index contributed by atoms with van der Waals surface area (Å²) in [5.74, 6) is 0.102. The molecular weight excluding hydrogens is 236 g/mol. The second-order valence-electron chi connectivity index (χ2n) is 2.54. The zero-order valence-corrected chi connectivity index (χ0v) is 8.08. The van der Waals surface area contributed by atoms with E-state index in [1.54, 1.807) is 18.2 Å². The Morgan fingerprint density at radius 3 is 3.08 bits per heavy atom. The Balaban J connectivity index is 2.56. The Morgan fingerprint density at radius 2 is 2.31 bits per heavy atom. The normalized spacial score (nSPS) is 14.6. The van der Waals surface area contributed by atoms with Crippen LogP contribution in [0, 0.1) is 5.21 Å². The number of guanidine groups is 1. The number of halogens is 1. The molecular formula is C7H6BrN4O-. The van der Waals surface area contributed by atoms with Gasteiger partial charge < -0.3 is 16.1 Å². The molecule has 3 N–H and O–H groups in total. The zero-order chi connectivity index (χ0) is 9.42. The lowest BCUT2D eigenvalue weighted by molar-refractivity contribution is 0.899. The molecule has 0 aliphatic carbocycles. The molecule has 0 saturated heterocycles. The van der Waals surface area contributed by atoms with E-state index in [-0.39, 0.29) is 5.96 Å². The molecule has 0 bridgehead atoms. The number of hydrogen-bond acceptors (Lipinski definition) is 5. The van der Waals surface area contributed by atoms with E-state index >= 15 is 0 Å². The highest BCUT2D eigenvalue weighted by Gasteiger charge is 2.10. The predicted octanol–water partition coefficient (Wildman–Crippen LogP) is 1.22. The van der Waals surface area contributed by atoms with E-state index in [0.29, 0.717) is 16.5 Å². The van der Waals surface area contributed by atoms with Crippen molar-refractivity contribution >= 4 is 33.3 Å². The monoisotopic (exact) mass is 241 g/mol. The summed E-state index contributed by atoms with van der Waals surface area (Å²) in [6, 6.07) is 5.19. The van der Waals surface area contributed by atoms with Gasteiger partial charge in [0, 0.05) is 4.47 Å². The number of hydrogen-bond donors (Lipinski definition) is 2. The van der Waals surface area contributed by atoms with Crippen LogP contribution in [0.15, 0.2) is 27.7 Å². The molecule has 0 fully saturated rings. The molecule has 6 heteroatoms. The molecule has 1 aromatic rings. The molecule has 5 nitrogen and oxygen atoms in total. The molecule has 1 aliphatic rings. The highest BCUT2D eigenvalue weighted by atomic mass is 79.9. The van der Waals surface area contributed by atoms with E-state index in [4.69, 9.17) is 5.73 Å². The van der Waals surface area contributed by atoms with Crippen LogP contribution >= 0.6 is 15.9 Å². The maximum absolute atomic E-state index is 11.3. The van der Waals surface area contributed by atoms with Crippen LogP contribution in [0.5, 0.6) is 0 Å². The first kappa shape index (κ1) is 8.33. The van der Waals surface area contributed by atoms with Gasteiger partial charge in [0.25, 0.3) is 0 Å². The van der Waals surface area contributed by atoms with E-state index in [1.807, 2.05) is 0 Å². The molecule has 0 radical (unpaired) electrons. The largest absolute Gasteiger partial charge is 0.739 e.